The van der Waals surface area contributed by atoms with Crippen LogP contribution >= 0.6 is 0 Å². The first kappa shape index (κ1) is 11.1. The van der Waals surface area contributed by atoms with E-state index in [1.165, 1.54) is 5.56 Å². The van der Waals surface area contributed by atoms with E-state index in [0.717, 1.165) is 12.8 Å². The standard InChI is InChI=1S/C13H17NO2/c1-9-7-12(16-13(9)15)11(14)8-10-5-3-2-4-6-10/h2-6,9,11-12H,7-8,14H2,1H3/t9-,11-,12-/m1/s1. The summed E-state index contributed by atoms with van der Waals surface area (Å²) >= 11 is 0. The van der Waals surface area contributed by atoms with Crippen molar-refractivity contribution < 1.29 is 9.53 Å². The van der Waals surface area contributed by atoms with E-state index in [4.69, 9.17) is 10.5 Å². The van der Waals surface area contributed by atoms with Gasteiger partial charge in [0.15, 0.2) is 0 Å². The van der Waals surface area contributed by atoms with Crippen molar-refractivity contribution in [3.05, 3.63) is 35.9 Å². The molecule has 0 aliphatic carbocycles. The first-order valence-electron chi connectivity index (χ1n) is 5.67. The van der Waals surface area contributed by atoms with Crippen molar-refractivity contribution in [2.75, 3.05) is 0 Å². The topological polar surface area (TPSA) is 52.3 Å². The molecule has 1 aromatic carbocycles. The second kappa shape index (κ2) is 4.66. The van der Waals surface area contributed by atoms with Crippen LogP contribution in [0.25, 0.3) is 0 Å². The Labute approximate surface area is 95.6 Å². The summed E-state index contributed by atoms with van der Waals surface area (Å²) in [7, 11) is 0. The Bertz CT molecular complexity index is 363. The van der Waals surface area contributed by atoms with Crippen LogP contribution in [0, 0.1) is 5.92 Å². The molecular formula is C13H17NO2. The van der Waals surface area contributed by atoms with Gasteiger partial charge in [-0.05, 0) is 18.4 Å². The Balaban J connectivity index is 1.94. The summed E-state index contributed by atoms with van der Waals surface area (Å²) in [6.07, 6.45) is 1.38. The third-order valence-electron chi connectivity index (χ3n) is 3.05. The highest BCUT2D eigenvalue weighted by molar-refractivity contribution is 5.74. The summed E-state index contributed by atoms with van der Waals surface area (Å²) in [5.74, 6) is -0.125. The molecule has 3 atom stereocenters. The van der Waals surface area contributed by atoms with E-state index in [1.54, 1.807) is 0 Å². The van der Waals surface area contributed by atoms with Crippen LogP contribution in [0.15, 0.2) is 30.3 Å². The Morgan fingerprint density at radius 1 is 1.44 bits per heavy atom. The van der Waals surface area contributed by atoms with Crippen molar-refractivity contribution >= 4 is 5.97 Å². The van der Waals surface area contributed by atoms with Crippen molar-refractivity contribution in [2.24, 2.45) is 11.7 Å². The monoisotopic (exact) mass is 219 g/mol. The van der Waals surface area contributed by atoms with E-state index in [1.807, 2.05) is 37.3 Å². The van der Waals surface area contributed by atoms with Gasteiger partial charge in [0, 0.05) is 6.04 Å². The number of benzene rings is 1. The van der Waals surface area contributed by atoms with Gasteiger partial charge in [-0.3, -0.25) is 4.79 Å². The molecule has 0 unspecified atom stereocenters. The normalized spacial score (nSPS) is 26.5. The second-order valence-electron chi connectivity index (χ2n) is 4.47. The molecule has 1 aliphatic heterocycles. The molecular weight excluding hydrogens is 202 g/mol. The molecule has 0 aromatic heterocycles. The smallest absolute Gasteiger partial charge is 0.309 e. The van der Waals surface area contributed by atoms with Crippen LogP contribution in [0.5, 0.6) is 0 Å². The minimum absolute atomic E-state index is 0.00757. The Kier molecular flexibility index (Phi) is 3.25. The maximum Gasteiger partial charge on any atom is 0.309 e. The molecule has 0 radical (unpaired) electrons. The van der Waals surface area contributed by atoms with Gasteiger partial charge < -0.3 is 10.5 Å². The van der Waals surface area contributed by atoms with Gasteiger partial charge in [-0.15, -0.1) is 0 Å². The molecule has 1 heterocycles. The first-order chi connectivity index (χ1) is 7.66. The Hall–Kier alpha value is -1.35. The van der Waals surface area contributed by atoms with Gasteiger partial charge >= 0.3 is 5.97 Å². The Morgan fingerprint density at radius 2 is 2.12 bits per heavy atom. The molecule has 0 spiro atoms. The number of cyclic esters (lactones) is 1. The van der Waals surface area contributed by atoms with Crippen molar-refractivity contribution in [3.63, 3.8) is 0 Å². The summed E-state index contributed by atoms with van der Waals surface area (Å²) in [6.45, 7) is 1.89. The summed E-state index contributed by atoms with van der Waals surface area (Å²) in [4.78, 5) is 11.3. The van der Waals surface area contributed by atoms with Crippen LogP contribution in [0.2, 0.25) is 0 Å². The molecule has 1 fully saturated rings. The molecule has 2 rings (SSSR count). The van der Waals surface area contributed by atoms with Crippen LogP contribution in [0.1, 0.15) is 18.9 Å². The molecule has 0 amide bonds. The fourth-order valence-corrected chi connectivity index (χ4v) is 2.04. The van der Waals surface area contributed by atoms with Crippen molar-refractivity contribution in [3.8, 4) is 0 Å². The SMILES string of the molecule is C[C@@H]1C[C@H]([C@H](N)Cc2ccccc2)OC1=O. The molecule has 0 bridgehead atoms. The fraction of sp³-hybridized carbons (Fsp3) is 0.462. The van der Waals surface area contributed by atoms with Gasteiger partial charge in [0.25, 0.3) is 0 Å². The number of nitrogens with two attached hydrogens (primary N) is 1. The lowest BCUT2D eigenvalue weighted by molar-refractivity contribution is -0.144. The molecule has 3 heteroatoms. The van der Waals surface area contributed by atoms with E-state index in [9.17, 15) is 4.79 Å². The second-order valence-corrected chi connectivity index (χ2v) is 4.47. The van der Waals surface area contributed by atoms with Crippen LogP contribution in [0.4, 0.5) is 0 Å². The van der Waals surface area contributed by atoms with Gasteiger partial charge in [-0.2, -0.15) is 0 Å². The van der Waals surface area contributed by atoms with E-state index in [2.05, 4.69) is 0 Å². The lowest BCUT2D eigenvalue weighted by Crippen LogP contribution is -2.36. The van der Waals surface area contributed by atoms with E-state index >= 15 is 0 Å². The number of carbonyl (C=O) groups is 1. The summed E-state index contributed by atoms with van der Waals surface area (Å²) in [5, 5.41) is 0. The lowest BCUT2D eigenvalue weighted by Gasteiger charge is -2.17. The summed E-state index contributed by atoms with van der Waals surface area (Å²) in [5.41, 5.74) is 7.24. The average Bonchev–Trinajstić information content (AvgIpc) is 2.61. The highest BCUT2D eigenvalue weighted by Crippen LogP contribution is 2.23. The van der Waals surface area contributed by atoms with Crippen molar-refractivity contribution in [2.45, 2.75) is 31.9 Å². The molecule has 1 aromatic rings. The summed E-state index contributed by atoms with van der Waals surface area (Å²) < 4.78 is 5.24. The first-order valence-corrected chi connectivity index (χ1v) is 5.67. The van der Waals surface area contributed by atoms with Crippen LogP contribution < -0.4 is 5.73 Å². The number of esters is 1. The van der Waals surface area contributed by atoms with Gasteiger partial charge in [-0.1, -0.05) is 37.3 Å². The zero-order chi connectivity index (χ0) is 11.5. The highest BCUT2D eigenvalue weighted by Gasteiger charge is 2.34. The molecule has 1 aliphatic rings. The molecule has 0 saturated carbocycles. The molecule has 1 saturated heterocycles. The third kappa shape index (κ3) is 2.42. The maximum atomic E-state index is 11.3. The van der Waals surface area contributed by atoms with Gasteiger partial charge in [0.2, 0.25) is 0 Å². The molecule has 86 valence electrons. The maximum absolute atomic E-state index is 11.3. The minimum Gasteiger partial charge on any atom is -0.460 e. The highest BCUT2D eigenvalue weighted by atomic mass is 16.6. The van der Waals surface area contributed by atoms with E-state index in [0.29, 0.717) is 0 Å². The van der Waals surface area contributed by atoms with Crippen LogP contribution in [0.3, 0.4) is 0 Å². The number of ether oxygens (including phenoxy) is 1. The predicted octanol–water partition coefficient (Wildman–Crippen LogP) is 1.51. The van der Waals surface area contributed by atoms with Gasteiger partial charge in [0.05, 0.1) is 5.92 Å². The average molecular weight is 219 g/mol. The lowest BCUT2D eigenvalue weighted by atomic mass is 9.97. The number of carbonyl (C=O) groups excluding carboxylic acids is 1. The minimum atomic E-state index is -0.122. The summed E-state index contributed by atoms with van der Waals surface area (Å²) in [6, 6.07) is 9.94. The molecule has 2 N–H and O–H groups in total. The van der Waals surface area contributed by atoms with Crippen molar-refractivity contribution in [1.29, 1.82) is 0 Å². The van der Waals surface area contributed by atoms with Gasteiger partial charge in [0.1, 0.15) is 6.10 Å². The largest absolute Gasteiger partial charge is 0.460 e. The number of rotatable bonds is 3. The van der Waals surface area contributed by atoms with Gasteiger partial charge in [-0.25, -0.2) is 0 Å². The number of hydrogen-bond donors (Lipinski definition) is 1. The quantitative estimate of drug-likeness (QED) is 0.784. The predicted molar refractivity (Wildman–Crippen MR) is 61.8 cm³/mol. The third-order valence-corrected chi connectivity index (χ3v) is 3.05. The fourth-order valence-electron chi connectivity index (χ4n) is 2.04. The zero-order valence-electron chi connectivity index (χ0n) is 9.43. The van der Waals surface area contributed by atoms with E-state index in [-0.39, 0.29) is 24.0 Å². The number of hydrogen-bond acceptors (Lipinski definition) is 3. The zero-order valence-corrected chi connectivity index (χ0v) is 9.43. The Morgan fingerprint density at radius 3 is 2.69 bits per heavy atom. The van der Waals surface area contributed by atoms with Crippen LogP contribution in [-0.4, -0.2) is 18.1 Å². The molecule has 3 nitrogen and oxygen atoms in total. The van der Waals surface area contributed by atoms with Crippen LogP contribution in [-0.2, 0) is 16.0 Å². The molecule has 16 heavy (non-hydrogen) atoms. The van der Waals surface area contributed by atoms with E-state index < -0.39 is 0 Å². The van der Waals surface area contributed by atoms with Crippen molar-refractivity contribution in [1.82, 2.24) is 0 Å².